The van der Waals surface area contributed by atoms with Crippen LogP contribution < -0.4 is 4.90 Å². The first-order valence-corrected chi connectivity index (χ1v) is 5.97. The fourth-order valence-electron chi connectivity index (χ4n) is 2.51. The molecule has 0 spiro atoms. The molecule has 1 aliphatic heterocycles. The van der Waals surface area contributed by atoms with E-state index in [1.54, 1.807) is 0 Å². The number of β-amino-alcohol motifs (C(OH)–C–C–N with tert-alkyl or cyclic N) is 1. The van der Waals surface area contributed by atoms with Gasteiger partial charge in [0, 0.05) is 30.4 Å². The summed E-state index contributed by atoms with van der Waals surface area (Å²) in [6, 6.07) is 10.2. The Labute approximate surface area is 101 Å². The molecule has 0 bridgehead atoms. The fraction of sp³-hybridized carbons (Fsp3) is 0.357. The largest absolute Gasteiger partial charge is 0.388 e. The molecule has 2 heterocycles. The van der Waals surface area contributed by atoms with E-state index in [1.165, 1.54) is 5.69 Å². The van der Waals surface area contributed by atoms with Crippen molar-refractivity contribution in [1.29, 1.82) is 0 Å². The Hall–Kier alpha value is -1.61. The summed E-state index contributed by atoms with van der Waals surface area (Å²) in [5.74, 6) is 0. The monoisotopic (exact) mass is 228 g/mol. The molecule has 2 aromatic rings. The Morgan fingerprint density at radius 1 is 1.29 bits per heavy atom. The Kier molecular flexibility index (Phi) is 2.30. The van der Waals surface area contributed by atoms with Gasteiger partial charge in [0.2, 0.25) is 0 Å². The molecule has 1 fully saturated rings. The van der Waals surface area contributed by atoms with Gasteiger partial charge in [-0.1, -0.05) is 18.2 Å². The van der Waals surface area contributed by atoms with Crippen molar-refractivity contribution < 1.29 is 5.11 Å². The molecule has 0 aliphatic carbocycles. The van der Waals surface area contributed by atoms with Gasteiger partial charge in [0.15, 0.2) is 0 Å². The van der Waals surface area contributed by atoms with Crippen molar-refractivity contribution in [3.05, 3.63) is 36.5 Å². The van der Waals surface area contributed by atoms with Crippen molar-refractivity contribution in [3.8, 4) is 0 Å². The van der Waals surface area contributed by atoms with Crippen molar-refractivity contribution >= 4 is 16.6 Å². The molecule has 1 N–H and O–H groups in total. The lowest BCUT2D eigenvalue weighted by molar-refractivity contribution is 0.0839. The fourth-order valence-corrected chi connectivity index (χ4v) is 2.51. The second kappa shape index (κ2) is 3.70. The number of aromatic nitrogens is 1. The van der Waals surface area contributed by atoms with Crippen LogP contribution in [0.3, 0.4) is 0 Å². The van der Waals surface area contributed by atoms with Crippen LogP contribution in [0.25, 0.3) is 10.9 Å². The van der Waals surface area contributed by atoms with Gasteiger partial charge in [-0.25, -0.2) is 0 Å². The van der Waals surface area contributed by atoms with Gasteiger partial charge in [0.05, 0.1) is 11.1 Å². The van der Waals surface area contributed by atoms with Crippen LogP contribution in [0.4, 0.5) is 5.69 Å². The van der Waals surface area contributed by atoms with Crippen molar-refractivity contribution in [3.63, 3.8) is 0 Å². The zero-order valence-electron chi connectivity index (χ0n) is 9.93. The molecule has 1 atom stereocenters. The third-order valence-electron chi connectivity index (χ3n) is 3.42. The Balaban J connectivity index is 2.06. The van der Waals surface area contributed by atoms with Crippen molar-refractivity contribution in [2.24, 2.45) is 0 Å². The first-order valence-electron chi connectivity index (χ1n) is 5.97. The third kappa shape index (κ3) is 1.87. The number of hydrogen-bond acceptors (Lipinski definition) is 3. The smallest absolute Gasteiger partial charge is 0.0810 e. The zero-order chi connectivity index (χ0) is 11.9. The maximum Gasteiger partial charge on any atom is 0.0810 e. The average Bonchev–Trinajstić information content (AvgIpc) is 2.69. The molecule has 17 heavy (non-hydrogen) atoms. The molecule has 3 heteroatoms. The summed E-state index contributed by atoms with van der Waals surface area (Å²) in [7, 11) is 0. The molecule has 3 rings (SSSR count). The molecule has 1 aliphatic rings. The summed E-state index contributed by atoms with van der Waals surface area (Å²) in [5, 5.41) is 11.2. The molecule has 3 nitrogen and oxygen atoms in total. The molecular weight excluding hydrogens is 212 g/mol. The average molecular weight is 228 g/mol. The maximum atomic E-state index is 10.0. The summed E-state index contributed by atoms with van der Waals surface area (Å²) in [6.45, 7) is 3.50. The second-order valence-corrected chi connectivity index (χ2v) is 5.02. The molecule has 88 valence electrons. The predicted molar refractivity (Wildman–Crippen MR) is 69.2 cm³/mol. The normalized spacial score (nSPS) is 24.5. The van der Waals surface area contributed by atoms with Crippen LogP contribution in [0, 0.1) is 0 Å². The predicted octanol–water partition coefficient (Wildman–Crippen LogP) is 2.20. The topological polar surface area (TPSA) is 36.4 Å². The Morgan fingerprint density at radius 2 is 2.12 bits per heavy atom. The van der Waals surface area contributed by atoms with E-state index in [2.05, 4.69) is 16.0 Å². The Bertz CT molecular complexity index is 545. The van der Waals surface area contributed by atoms with Crippen LogP contribution in [0.2, 0.25) is 0 Å². The van der Waals surface area contributed by atoms with Gasteiger partial charge in [-0.05, 0) is 25.5 Å². The van der Waals surface area contributed by atoms with E-state index in [-0.39, 0.29) is 0 Å². The number of hydrogen-bond donors (Lipinski definition) is 1. The second-order valence-electron chi connectivity index (χ2n) is 5.02. The van der Waals surface area contributed by atoms with Crippen LogP contribution in [0.5, 0.6) is 0 Å². The van der Waals surface area contributed by atoms with E-state index in [4.69, 9.17) is 0 Å². The minimum atomic E-state index is -0.565. The number of aliphatic hydroxyl groups is 1. The number of rotatable bonds is 1. The van der Waals surface area contributed by atoms with E-state index < -0.39 is 5.60 Å². The highest BCUT2D eigenvalue weighted by Crippen LogP contribution is 2.31. The number of pyridine rings is 1. The Morgan fingerprint density at radius 3 is 2.88 bits per heavy atom. The molecule has 1 aromatic carbocycles. The number of anilines is 1. The van der Waals surface area contributed by atoms with Gasteiger partial charge in [0.1, 0.15) is 0 Å². The van der Waals surface area contributed by atoms with Gasteiger partial charge in [0.25, 0.3) is 0 Å². The lowest BCUT2D eigenvalue weighted by Crippen LogP contribution is -2.29. The number of fused-ring (bicyclic) bond motifs is 1. The molecular formula is C14H16N2O. The zero-order valence-corrected chi connectivity index (χ0v) is 9.93. The van der Waals surface area contributed by atoms with Crippen molar-refractivity contribution in [2.45, 2.75) is 18.9 Å². The van der Waals surface area contributed by atoms with E-state index >= 15 is 0 Å². The number of nitrogens with zero attached hydrogens (tertiary/aromatic N) is 2. The van der Waals surface area contributed by atoms with Crippen LogP contribution in [0.1, 0.15) is 13.3 Å². The van der Waals surface area contributed by atoms with Gasteiger partial charge < -0.3 is 10.0 Å². The molecule has 1 aromatic heterocycles. The first-order chi connectivity index (χ1) is 8.16. The van der Waals surface area contributed by atoms with Crippen molar-refractivity contribution in [1.82, 2.24) is 4.98 Å². The number of benzene rings is 1. The van der Waals surface area contributed by atoms with Crippen LogP contribution in [-0.4, -0.2) is 28.8 Å². The van der Waals surface area contributed by atoms with Gasteiger partial charge >= 0.3 is 0 Å². The summed E-state index contributed by atoms with van der Waals surface area (Å²) in [4.78, 5) is 6.60. The summed E-state index contributed by atoms with van der Waals surface area (Å²) in [5.41, 5.74) is 1.62. The highest BCUT2D eigenvalue weighted by Gasteiger charge is 2.31. The van der Waals surface area contributed by atoms with E-state index in [9.17, 15) is 5.11 Å². The number of para-hydroxylation sites is 1. The quantitative estimate of drug-likeness (QED) is 0.813. The maximum absolute atomic E-state index is 10.0. The van der Waals surface area contributed by atoms with Crippen LogP contribution >= 0.6 is 0 Å². The molecule has 1 unspecified atom stereocenters. The third-order valence-corrected chi connectivity index (χ3v) is 3.42. The highest BCUT2D eigenvalue weighted by molar-refractivity contribution is 5.91. The molecule has 1 saturated heterocycles. The van der Waals surface area contributed by atoms with Crippen LogP contribution in [-0.2, 0) is 0 Å². The lowest BCUT2D eigenvalue weighted by Gasteiger charge is -2.22. The SMILES string of the molecule is CC1(O)CCN(c2ccnc3ccccc23)C1. The summed E-state index contributed by atoms with van der Waals surface area (Å²) < 4.78 is 0. The van der Waals surface area contributed by atoms with Gasteiger partial charge in [-0.3, -0.25) is 4.98 Å². The van der Waals surface area contributed by atoms with E-state index in [0.717, 1.165) is 23.9 Å². The standard InChI is InChI=1S/C14H16N2O/c1-14(17)7-9-16(10-14)13-6-8-15-12-5-3-2-4-11(12)13/h2-6,8,17H,7,9-10H2,1H3. The van der Waals surface area contributed by atoms with Gasteiger partial charge in [-0.15, -0.1) is 0 Å². The van der Waals surface area contributed by atoms with Gasteiger partial charge in [-0.2, -0.15) is 0 Å². The summed E-state index contributed by atoms with van der Waals surface area (Å²) in [6.07, 6.45) is 2.66. The highest BCUT2D eigenvalue weighted by atomic mass is 16.3. The minimum absolute atomic E-state index is 0.565. The minimum Gasteiger partial charge on any atom is -0.388 e. The first kappa shape index (κ1) is 10.5. The lowest BCUT2D eigenvalue weighted by atomic mass is 10.1. The van der Waals surface area contributed by atoms with Crippen LogP contribution in [0.15, 0.2) is 36.5 Å². The van der Waals surface area contributed by atoms with E-state index in [1.807, 2.05) is 37.4 Å². The molecule has 0 amide bonds. The van der Waals surface area contributed by atoms with E-state index in [0.29, 0.717) is 6.54 Å². The van der Waals surface area contributed by atoms with Crippen molar-refractivity contribution in [2.75, 3.05) is 18.0 Å². The molecule has 0 radical (unpaired) electrons. The summed E-state index contributed by atoms with van der Waals surface area (Å²) >= 11 is 0. The molecule has 0 saturated carbocycles.